The number of hydrogen-bond acceptors (Lipinski definition) is 6. The summed E-state index contributed by atoms with van der Waals surface area (Å²) in [6.45, 7) is 3.14. The van der Waals surface area contributed by atoms with Gasteiger partial charge in [0, 0.05) is 74.1 Å². The number of amides is 1. The fraction of sp³-hybridized carbons (Fsp3) is 0.333. The molecule has 1 saturated heterocycles. The molecule has 0 bridgehead atoms. The summed E-state index contributed by atoms with van der Waals surface area (Å²) in [6.07, 6.45) is 10.5. The predicted octanol–water partition coefficient (Wildman–Crippen LogP) is 2.15. The van der Waals surface area contributed by atoms with Gasteiger partial charge in [-0.15, -0.1) is 0 Å². The fourth-order valence-corrected chi connectivity index (χ4v) is 5.60. The Morgan fingerprint density at radius 2 is 1.77 bits per heavy atom. The molecule has 5 heterocycles. The monoisotopic (exact) mass is 471 g/mol. The Kier molecular flexibility index (Phi) is 6.57. The Morgan fingerprint density at radius 3 is 2.43 bits per heavy atom. The molecule has 2 aliphatic rings. The zero-order valence-corrected chi connectivity index (χ0v) is 19.6. The van der Waals surface area contributed by atoms with Crippen molar-refractivity contribution in [3.8, 4) is 0 Å². The van der Waals surface area contributed by atoms with Gasteiger partial charge >= 0.3 is 0 Å². The highest BCUT2D eigenvalue weighted by molar-refractivity contribution is 5.82. The van der Waals surface area contributed by atoms with Gasteiger partial charge in [-0.05, 0) is 54.4 Å². The lowest BCUT2D eigenvalue weighted by molar-refractivity contribution is -0.128. The second kappa shape index (κ2) is 9.93. The van der Waals surface area contributed by atoms with Crippen LogP contribution < -0.4 is 10.9 Å². The highest BCUT2D eigenvalue weighted by Gasteiger charge is 2.55. The van der Waals surface area contributed by atoms with Crippen LogP contribution in [0, 0.1) is 11.8 Å². The molecule has 5 rings (SSSR count). The highest BCUT2D eigenvalue weighted by Crippen LogP contribution is 2.49. The van der Waals surface area contributed by atoms with Gasteiger partial charge in [0.1, 0.15) is 0 Å². The molecule has 3 aromatic rings. The van der Waals surface area contributed by atoms with E-state index in [-0.39, 0.29) is 36.0 Å². The summed E-state index contributed by atoms with van der Waals surface area (Å²) in [6, 6.07) is 10.8. The predicted molar refractivity (Wildman–Crippen MR) is 132 cm³/mol. The number of rotatable bonds is 7. The Hall–Kier alpha value is -3.62. The van der Waals surface area contributed by atoms with Crippen LogP contribution in [0.25, 0.3) is 6.08 Å². The van der Waals surface area contributed by atoms with Crippen molar-refractivity contribution >= 4 is 12.0 Å². The molecule has 1 amide bonds. The lowest BCUT2D eigenvalue weighted by Crippen LogP contribution is -2.47. The number of aromatic nitrogens is 3. The molecule has 3 aromatic heterocycles. The van der Waals surface area contributed by atoms with Gasteiger partial charge in [0.25, 0.3) is 5.56 Å². The number of hydrogen-bond donors (Lipinski definition) is 2. The maximum Gasteiger partial charge on any atom is 0.258 e. The van der Waals surface area contributed by atoms with E-state index in [1.807, 2.05) is 60.0 Å². The summed E-state index contributed by atoms with van der Waals surface area (Å²) in [5.41, 5.74) is 3.49. The summed E-state index contributed by atoms with van der Waals surface area (Å²) in [7, 11) is 0. The van der Waals surface area contributed by atoms with Crippen LogP contribution in [0.2, 0.25) is 0 Å². The normalized spacial score (nSPS) is 23.4. The van der Waals surface area contributed by atoms with Crippen LogP contribution in [0.15, 0.2) is 72.1 Å². The molecule has 0 aromatic carbocycles. The van der Waals surface area contributed by atoms with E-state index in [1.54, 1.807) is 24.8 Å². The van der Waals surface area contributed by atoms with Crippen LogP contribution in [0.1, 0.15) is 35.3 Å². The number of carbonyl (C=O) groups is 1. The van der Waals surface area contributed by atoms with Crippen LogP contribution in [0.5, 0.6) is 0 Å². The van der Waals surface area contributed by atoms with Crippen molar-refractivity contribution in [3.63, 3.8) is 0 Å². The van der Waals surface area contributed by atoms with E-state index in [0.717, 1.165) is 16.8 Å². The third-order valence-electron chi connectivity index (χ3n) is 7.17. The minimum Gasteiger partial charge on any atom is -0.396 e. The molecule has 0 radical (unpaired) electrons. The zero-order chi connectivity index (χ0) is 24.4. The van der Waals surface area contributed by atoms with Crippen molar-refractivity contribution in [1.29, 1.82) is 0 Å². The average molecular weight is 472 g/mol. The number of likely N-dealkylation sites (tertiary alicyclic amines) is 1. The van der Waals surface area contributed by atoms with Gasteiger partial charge in [0.2, 0.25) is 5.91 Å². The Bertz CT molecular complexity index is 1270. The van der Waals surface area contributed by atoms with E-state index >= 15 is 0 Å². The van der Waals surface area contributed by atoms with Crippen molar-refractivity contribution in [3.05, 3.63) is 100.0 Å². The number of pyridine rings is 3. The summed E-state index contributed by atoms with van der Waals surface area (Å²) in [5.74, 6) is -0.473. The van der Waals surface area contributed by atoms with Crippen molar-refractivity contribution in [2.24, 2.45) is 11.8 Å². The second-order valence-electron chi connectivity index (χ2n) is 9.13. The van der Waals surface area contributed by atoms with E-state index in [4.69, 9.17) is 0 Å². The topological polar surface area (TPSA) is 100 Å². The molecule has 2 aliphatic heterocycles. The van der Waals surface area contributed by atoms with E-state index in [0.29, 0.717) is 25.2 Å². The second-order valence-corrected chi connectivity index (χ2v) is 9.13. The zero-order valence-electron chi connectivity index (χ0n) is 19.6. The molecule has 0 saturated carbocycles. The molecule has 0 spiro atoms. The van der Waals surface area contributed by atoms with Gasteiger partial charge in [-0.2, -0.15) is 0 Å². The summed E-state index contributed by atoms with van der Waals surface area (Å²) < 4.78 is 1.82. The van der Waals surface area contributed by atoms with Crippen molar-refractivity contribution in [1.82, 2.24) is 24.8 Å². The van der Waals surface area contributed by atoms with E-state index in [2.05, 4.69) is 20.2 Å². The molecule has 0 aliphatic carbocycles. The standard InChI is InChI=1S/C27H29N5O3/c1-2-3-20-4-5-23-24-21(16-31(23)27(20)35)22(17-33)25(32(24)15-19-8-12-29-13-9-19)26(34)30-14-18-6-10-28-11-7-18/h2-13,21-22,24-25,33H,14-17H2,1H3,(H,30,34)/b3-2+/t21-,22-,24+,25-/m0/s1. The Labute approximate surface area is 204 Å². The minimum absolute atomic E-state index is 0.0331. The highest BCUT2D eigenvalue weighted by atomic mass is 16.3. The Balaban J connectivity index is 1.51. The first kappa shape index (κ1) is 23.1. The number of carbonyl (C=O) groups excluding carboxylic acids is 1. The molecule has 180 valence electrons. The molecule has 1 fully saturated rings. The van der Waals surface area contributed by atoms with Gasteiger partial charge in [0.05, 0.1) is 12.1 Å². The molecule has 8 nitrogen and oxygen atoms in total. The molecule has 4 atom stereocenters. The van der Waals surface area contributed by atoms with E-state index < -0.39 is 6.04 Å². The maximum absolute atomic E-state index is 13.6. The van der Waals surface area contributed by atoms with Crippen molar-refractivity contribution < 1.29 is 9.90 Å². The third kappa shape index (κ3) is 4.31. The van der Waals surface area contributed by atoms with Gasteiger partial charge in [-0.25, -0.2) is 0 Å². The van der Waals surface area contributed by atoms with Crippen LogP contribution in [0.3, 0.4) is 0 Å². The van der Waals surface area contributed by atoms with E-state index in [1.165, 1.54) is 0 Å². The largest absolute Gasteiger partial charge is 0.396 e. The molecule has 35 heavy (non-hydrogen) atoms. The van der Waals surface area contributed by atoms with Gasteiger partial charge in [0.15, 0.2) is 0 Å². The number of aliphatic hydroxyl groups excluding tert-OH is 1. The molecule has 0 unspecified atom stereocenters. The maximum atomic E-state index is 13.6. The molecular weight excluding hydrogens is 442 g/mol. The lowest BCUT2D eigenvalue weighted by atomic mass is 9.88. The number of aliphatic hydroxyl groups is 1. The van der Waals surface area contributed by atoms with Gasteiger partial charge < -0.3 is 15.0 Å². The lowest BCUT2D eigenvalue weighted by Gasteiger charge is -2.31. The van der Waals surface area contributed by atoms with Crippen LogP contribution in [-0.4, -0.2) is 43.1 Å². The first-order valence-corrected chi connectivity index (χ1v) is 11.9. The quantitative estimate of drug-likeness (QED) is 0.548. The van der Waals surface area contributed by atoms with Gasteiger partial charge in [-0.1, -0.05) is 12.2 Å². The van der Waals surface area contributed by atoms with Gasteiger partial charge in [-0.3, -0.25) is 24.5 Å². The Morgan fingerprint density at radius 1 is 1.09 bits per heavy atom. The first-order valence-electron chi connectivity index (χ1n) is 11.9. The summed E-state index contributed by atoms with van der Waals surface area (Å²) >= 11 is 0. The number of fused-ring (bicyclic) bond motifs is 3. The van der Waals surface area contributed by atoms with Crippen LogP contribution >= 0.6 is 0 Å². The number of nitrogens with zero attached hydrogens (tertiary/aromatic N) is 4. The molecule has 2 N–H and O–H groups in total. The van der Waals surface area contributed by atoms with E-state index in [9.17, 15) is 14.7 Å². The SMILES string of the molecule is C/C=C/c1ccc2n(c1=O)C[C@H]1[C@H](CO)[C@@H](C(=O)NCc3ccncc3)N(Cc3ccncc3)[C@@H]21. The number of nitrogens with one attached hydrogen (secondary N) is 1. The molecule has 8 heteroatoms. The molecular formula is C27H29N5O3. The number of allylic oxidation sites excluding steroid dienone is 1. The van der Waals surface area contributed by atoms with Crippen LogP contribution in [0.4, 0.5) is 0 Å². The summed E-state index contributed by atoms with van der Waals surface area (Å²) in [4.78, 5) is 37.0. The first-order chi connectivity index (χ1) is 17.1. The van der Waals surface area contributed by atoms with Crippen molar-refractivity contribution in [2.45, 2.75) is 38.6 Å². The smallest absolute Gasteiger partial charge is 0.258 e. The summed E-state index contributed by atoms with van der Waals surface area (Å²) in [5, 5.41) is 13.5. The fourth-order valence-electron chi connectivity index (χ4n) is 5.60. The van der Waals surface area contributed by atoms with Crippen LogP contribution in [-0.2, 0) is 24.4 Å². The third-order valence-corrected chi connectivity index (χ3v) is 7.17. The van der Waals surface area contributed by atoms with Crippen molar-refractivity contribution in [2.75, 3.05) is 6.61 Å². The average Bonchev–Trinajstić information content (AvgIpc) is 3.41. The minimum atomic E-state index is -0.524.